The molecule has 1 unspecified atom stereocenters. The highest BCUT2D eigenvalue weighted by Crippen LogP contribution is 2.32. The second kappa shape index (κ2) is 6.35. The highest BCUT2D eigenvalue weighted by molar-refractivity contribution is 5.81. The van der Waals surface area contributed by atoms with E-state index in [2.05, 4.69) is 20.8 Å². The minimum absolute atomic E-state index is 0.0215. The van der Waals surface area contributed by atoms with Crippen LogP contribution in [0, 0.1) is 0 Å². The predicted octanol–water partition coefficient (Wildman–Crippen LogP) is 1.14. The Morgan fingerprint density at radius 3 is 2.90 bits per heavy atom. The molecule has 110 valence electrons. The van der Waals surface area contributed by atoms with Crippen molar-refractivity contribution < 1.29 is 9.32 Å². The molecule has 6 nitrogen and oxygen atoms in total. The fraction of sp³-hybridized carbons (Fsp3) is 0.786. The molecule has 2 N–H and O–H groups in total. The van der Waals surface area contributed by atoms with Crippen LogP contribution in [-0.4, -0.2) is 35.2 Å². The maximum Gasteiger partial charge on any atom is 0.237 e. The molecule has 2 aliphatic rings. The lowest BCUT2D eigenvalue weighted by Crippen LogP contribution is -2.41. The van der Waals surface area contributed by atoms with Crippen LogP contribution in [0.15, 0.2) is 4.52 Å². The zero-order chi connectivity index (χ0) is 13.8. The van der Waals surface area contributed by atoms with Gasteiger partial charge in [0.15, 0.2) is 5.82 Å². The first-order valence-electron chi connectivity index (χ1n) is 7.66. The lowest BCUT2D eigenvalue weighted by Gasteiger charge is -2.09. The topological polar surface area (TPSA) is 80.1 Å². The zero-order valence-electron chi connectivity index (χ0n) is 11.7. The third-order valence-electron chi connectivity index (χ3n) is 4.22. The van der Waals surface area contributed by atoms with Gasteiger partial charge in [0.2, 0.25) is 11.8 Å². The van der Waals surface area contributed by atoms with Crippen molar-refractivity contribution in [1.29, 1.82) is 0 Å². The van der Waals surface area contributed by atoms with Gasteiger partial charge < -0.3 is 15.2 Å². The number of nitrogens with one attached hydrogen (secondary N) is 2. The van der Waals surface area contributed by atoms with Crippen molar-refractivity contribution in [3.8, 4) is 0 Å². The van der Waals surface area contributed by atoms with Crippen LogP contribution in [0.5, 0.6) is 0 Å². The summed E-state index contributed by atoms with van der Waals surface area (Å²) in [6.45, 7) is 1.50. The number of aromatic nitrogens is 2. The third-order valence-corrected chi connectivity index (χ3v) is 4.22. The molecule has 0 spiro atoms. The second-order valence-corrected chi connectivity index (χ2v) is 5.72. The highest BCUT2D eigenvalue weighted by atomic mass is 16.5. The molecule has 1 aliphatic heterocycles. The van der Waals surface area contributed by atoms with Gasteiger partial charge in [-0.15, -0.1) is 0 Å². The monoisotopic (exact) mass is 278 g/mol. The quantitative estimate of drug-likeness (QED) is 0.844. The summed E-state index contributed by atoms with van der Waals surface area (Å²) < 4.78 is 5.26. The van der Waals surface area contributed by atoms with E-state index in [-0.39, 0.29) is 11.9 Å². The summed E-state index contributed by atoms with van der Waals surface area (Å²) in [5.74, 6) is 2.04. The van der Waals surface area contributed by atoms with E-state index in [4.69, 9.17) is 4.52 Å². The van der Waals surface area contributed by atoms with Crippen molar-refractivity contribution in [3.05, 3.63) is 11.7 Å². The molecule has 2 heterocycles. The van der Waals surface area contributed by atoms with Crippen molar-refractivity contribution in [2.45, 2.75) is 56.9 Å². The van der Waals surface area contributed by atoms with Crippen LogP contribution in [-0.2, 0) is 11.2 Å². The molecule has 1 aromatic rings. The number of hydrogen-bond donors (Lipinski definition) is 2. The van der Waals surface area contributed by atoms with Gasteiger partial charge in [-0.05, 0) is 32.2 Å². The van der Waals surface area contributed by atoms with E-state index in [1.165, 1.54) is 25.7 Å². The normalized spacial score (nSPS) is 23.3. The standard InChI is InChI=1S/C14H22N4O2/c19-14(11-6-3-8-15-11)16-9-7-12-17-13(18-20-12)10-4-1-2-5-10/h10-11,15H,1-9H2,(H,16,19). The minimum Gasteiger partial charge on any atom is -0.354 e. The van der Waals surface area contributed by atoms with Crippen LogP contribution >= 0.6 is 0 Å². The fourth-order valence-electron chi connectivity index (χ4n) is 3.04. The summed E-state index contributed by atoms with van der Waals surface area (Å²) in [7, 11) is 0. The summed E-state index contributed by atoms with van der Waals surface area (Å²) in [5.41, 5.74) is 0. The van der Waals surface area contributed by atoms with Crippen molar-refractivity contribution in [2.24, 2.45) is 0 Å². The smallest absolute Gasteiger partial charge is 0.237 e. The van der Waals surface area contributed by atoms with E-state index < -0.39 is 0 Å². The molecule has 0 radical (unpaired) electrons. The van der Waals surface area contributed by atoms with Crippen molar-refractivity contribution in [2.75, 3.05) is 13.1 Å². The molecule has 0 aromatic carbocycles. The maximum absolute atomic E-state index is 11.8. The number of hydrogen-bond acceptors (Lipinski definition) is 5. The molecule has 3 rings (SSSR count). The van der Waals surface area contributed by atoms with Gasteiger partial charge >= 0.3 is 0 Å². The van der Waals surface area contributed by atoms with Gasteiger partial charge in [0.1, 0.15) is 0 Å². The van der Waals surface area contributed by atoms with Crippen molar-refractivity contribution in [3.63, 3.8) is 0 Å². The number of rotatable bonds is 5. The van der Waals surface area contributed by atoms with Crippen LogP contribution in [0.25, 0.3) is 0 Å². The first-order valence-corrected chi connectivity index (χ1v) is 7.66. The Balaban J connectivity index is 1.43. The maximum atomic E-state index is 11.8. The highest BCUT2D eigenvalue weighted by Gasteiger charge is 2.23. The Hall–Kier alpha value is -1.43. The molecule has 1 aliphatic carbocycles. The van der Waals surface area contributed by atoms with Crippen LogP contribution in [0.4, 0.5) is 0 Å². The van der Waals surface area contributed by atoms with Crippen LogP contribution < -0.4 is 10.6 Å². The second-order valence-electron chi connectivity index (χ2n) is 5.72. The summed E-state index contributed by atoms with van der Waals surface area (Å²) in [5, 5.41) is 10.2. The predicted molar refractivity (Wildman–Crippen MR) is 73.2 cm³/mol. The lowest BCUT2D eigenvalue weighted by molar-refractivity contribution is -0.122. The van der Waals surface area contributed by atoms with Gasteiger partial charge in [-0.1, -0.05) is 18.0 Å². The van der Waals surface area contributed by atoms with E-state index in [0.717, 1.165) is 25.2 Å². The fourth-order valence-corrected chi connectivity index (χ4v) is 3.04. The van der Waals surface area contributed by atoms with Gasteiger partial charge in [-0.25, -0.2) is 0 Å². The summed E-state index contributed by atoms with van der Waals surface area (Å²) >= 11 is 0. The number of carbonyl (C=O) groups excluding carboxylic acids is 1. The number of nitrogens with zero attached hydrogens (tertiary/aromatic N) is 2. The molecular weight excluding hydrogens is 256 g/mol. The van der Waals surface area contributed by atoms with E-state index >= 15 is 0 Å². The SMILES string of the molecule is O=C(NCCc1nc(C2CCCC2)no1)C1CCCN1. The average molecular weight is 278 g/mol. The van der Waals surface area contributed by atoms with E-state index in [1.807, 2.05) is 0 Å². The Morgan fingerprint density at radius 1 is 1.30 bits per heavy atom. The first kappa shape index (κ1) is 13.5. The Morgan fingerprint density at radius 2 is 2.15 bits per heavy atom. The first-order chi connectivity index (χ1) is 9.83. The lowest BCUT2D eigenvalue weighted by atomic mass is 10.1. The molecular formula is C14H22N4O2. The van der Waals surface area contributed by atoms with Crippen LogP contribution in [0.3, 0.4) is 0 Å². The van der Waals surface area contributed by atoms with Crippen LogP contribution in [0.2, 0.25) is 0 Å². The number of amides is 1. The van der Waals surface area contributed by atoms with E-state index in [9.17, 15) is 4.79 Å². The third kappa shape index (κ3) is 3.17. The molecule has 1 aromatic heterocycles. The van der Waals surface area contributed by atoms with E-state index in [1.54, 1.807) is 0 Å². The molecule has 1 amide bonds. The van der Waals surface area contributed by atoms with Crippen molar-refractivity contribution in [1.82, 2.24) is 20.8 Å². The molecule has 1 atom stereocenters. The van der Waals surface area contributed by atoms with Gasteiger partial charge in [0, 0.05) is 18.9 Å². The van der Waals surface area contributed by atoms with E-state index in [0.29, 0.717) is 24.8 Å². The molecule has 1 saturated carbocycles. The Labute approximate surface area is 118 Å². The van der Waals surface area contributed by atoms with Crippen molar-refractivity contribution >= 4 is 5.91 Å². The summed E-state index contributed by atoms with van der Waals surface area (Å²) in [6.07, 6.45) is 7.48. The molecule has 20 heavy (non-hydrogen) atoms. The Bertz CT molecular complexity index is 448. The minimum atomic E-state index is -0.0215. The van der Waals surface area contributed by atoms with Gasteiger partial charge in [-0.3, -0.25) is 4.79 Å². The van der Waals surface area contributed by atoms with Crippen LogP contribution in [0.1, 0.15) is 56.2 Å². The summed E-state index contributed by atoms with van der Waals surface area (Å²) in [4.78, 5) is 16.3. The molecule has 6 heteroatoms. The van der Waals surface area contributed by atoms with Gasteiger partial charge in [0.05, 0.1) is 6.04 Å². The number of carbonyl (C=O) groups is 1. The van der Waals surface area contributed by atoms with Gasteiger partial charge in [0.25, 0.3) is 0 Å². The molecule has 1 saturated heterocycles. The zero-order valence-corrected chi connectivity index (χ0v) is 11.7. The molecule has 0 bridgehead atoms. The van der Waals surface area contributed by atoms with Gasteiger partial charge in [-0.2, -0.15) is 4.98 Å². The summed E-state index contributed by atoms with van der Waals surface area (Å²) in [6, 6.07) is -0.0215. The molecule has 2 fully saturated rings. The average Bonchev–Trinajstić information content (AvgIpc) is 3.20. The largest absolute Gasteiger partial charge is 0.354 e. The Kier molecular flexibility index (Phi) is 4.30.